The third kappa shape index (κ3) is 4.47. The lowest BCUT2D eigenvalue weighted by Crippen LogP contribution is -2.48. The number of guanidine groups is 1. The molecule has 4 nitrogen and oxygen atoms in total. The Kier molecular flexibility index (Phi) is 5.46. The van der Waals surface area contributed by atoms with Crippen LogP contribution < -0.4 is 10.6 Å². The second-order valence-electron chi connectivity index (χ2n) is 6.93. The van der Waals surface area contributed by atoms with Crippen molar-refractivity contribution in [1.82, 2.24) is 10.6 Å². The molecule has 22 heavy (non-hydrogen) atoms. The third-order valence-electron chi connectivity index (χ3n) is 4.41. The molecular formula is C18H29N3O. The number of rotatable bonds is 5. The SMILES string of the molecule is CN=C(NCC1(C)CCCO1)NCC(C)(C)c1ccccc1. The zero-order chi connectivity index (χ0) is 16.1. The van der Waals surface area contributed by atoms with Gasteiger partial charge < -0.3 is 15.4 Å². The van der Waals surface area contributed by atoms with E-state index in [9.17, 15) is 0 Å². The van der Waals surface area contributed by atoms with Crippen LogP contribution in [0.25, 0.3) is 0 Å². The second kappa shape index (κ2) is 7.14. The van der Waals surface area contributed by atoms with Crippen molar-refractivity contribution in [2.45, 2.75) is 44.6 Å². The minimum Gasteiger partial charge on any atom is -0.373 e. The largest absolute Gasteiger partial charge is 0.373 e. The molecule has 0 aromatic heterocycles. The molecule has 1 aromatic carbocycles. The molecule has 1 atom stereocenters. The Bertz CT molecular complexity index is 490. The maximum Gasteiger partial charge on any atom is 0.191 e. The fourth-order valence-corrected chi connectivity index (χ4v) is 2.76. The van der Waals surface area contributed by atoms with Crippen molar-refractivity contribution in [2.24, 2.45) is 4.99 Å². The predicted molar refractivity (Wildman–Crippen MR) is 92.4 cm³/mol. The first-order valence-electron chi connectivity index (χ1n) is 8.09. The van der Waals surface area contributed by atoms with Crippen molar-refractivity contribution in [3.63, 3.8) is 0 Å². The van der Waals surface area contributed by atoms with Gasteiger partial charge in [0.25, 0.3) is 0 Å². The Hall–Kier alpha value is -1.55. The first-order chi connectivity index (χ1) is 10.5. The normalized spacial score (nSPS) is 22.6. The average Bonchev–Trinajstić information content (AvgIpc) is 2.95. The summed E-state index contributed by atoms with van der Waals surface area (Å²) in [7, 11) is 1.81. The molecule has 0 bridgehead atoms. The van der Waals surface area contributed by atoms with Crippen LogP contribution in [0.4, 0.5) is 0 Å². The van der Waals surface area contributed by atoms with Gasteiger partial charge in [0.05, 0.1) is 5.60 Å². The van der Waals surface area contributed by atoms with Crippen molar-refractivity contribution in [3.8, 4) is 0 Å². The topological polar surface area (TPSA) is 45.7 Å². The highest BCUT2D eigenvalue weighted by atomic mass is 16.5. The fraction of sp³-hybridized carbons (Fsp3) is 0.611. The quantitative estimate of drug-likeness (QED) is 0.649. The standard InChI is InChI=1S/C18H29N3O/c1-17(2,15-9-6-5-7-10-15)13-20-16(19-4)21-14-18(3)11-8-12-22-18/h5-7,9-10H,8,11-14H2,1-4H3,(H2,19,20,21). The first kappa shape index (κ1) is 16.8. The van der Waals surface area contributed by atoms with Crippen molar-refractivity contribution in [1.29, 1.82) is 0 Å². The maximum absolute atomic E-state index is 5.80. The molecule has 0 radical (unpaired) electrons. The average molecular weight is 303 g/mol. The van der Waals surface area contributed by atoms with Crippen molar-refractivity contribution in [2.75, 3.05) is 26.7 Å². The summed E-state index contributed by atoms with van der Waals surface area (Å²) in [6.07, 6.45) is 2.25. The van der Waals surface area contributed by atoms with Gasteiger partial charge in [-0.05, 0) is 25.3 Å². The lowest BCUT2D eigenvalue weighted by Gasteiger charge is -2.28. The molecule has 1 unspecified atom stereocenters. The molecule has 1 aliphatic rings. The van der Waals surface area contributed by atoms with Crippen molar-refractivity contribution >= 4 is 5.96 Å². The molecule has 0 amide bonds. The molecule has 1 aliphatic heterocycles. The monoisotopic (exact) mass is 303 g/mol. The van der Waals surface area contributed by atoms with Crippen LogP contribution in [0.1, 0.15) is 39.2 Å². The van der Waals surface area contributed by atoms with E-state index in [1.54, 1.807) is 0 Å². The lowest BCUT2D eigenvalue weighted by molar-refractivity contribution is 0.0242. The van der Waals surface area contributed by atoms with E-state index in [0.717, 1.165) is 38.5 Å². The van der Waals surface area contributed by atoms with Crippen LogP contribution in [-0.4, -0.2) is 38.3 Å². The van der Waals surface area contributed by atoms with Crippen molar-refractivity contribution < 1.29 is 4.74 Å². The molecule has 1 fully saturated rings. The number of hydrogen-bond acceptors (Lipinski definition) is 2. The van der Waals surface area contributed by atoms with Gasteiger partial charge in [0.1, 0.15) is 0 Å². The second-order valence-corrected chi connectivity index (χ2v) is 6.93. The molecule has 0 spiro atoms. The zero-order valence-corrected chi connectivity index (χ0v) is 14.3. The minimum absolute atomic E-state index is 0.0483. The molecule has 0 aliphatic carbocycles. The first-order valence-corrected chi connectivity index (χ1v) is 8.09. The molecule has 1 saturated heterocycles. The maximum atomic E-state index is 5.80. The summed E-state index contributed by atoms with van der Waals surface area (Å²) < 4.78 is 5.80. The molecular weight excluding hydrogens is 274 g/mol. The molecule has 4 heteroatoms. The molecule has 1 heterocycles. The number of ether oxygens (including phenoxy) is 1. The van der Waals surface area contributed by atoms with E-state index in [2.05, 4.69) is 66.7 Å². The van der Waals surface area contributed by atoms with Gasteiger partial charge in [-0.2, -0.15) is 0 Å². The van der Waals surface area contributed by atoms with Crippen LogP contribution in [0, 0.1) is 0 Å². The molecule has 1 aromatic rings. The van der Waals surface area contributed by atoms with Gasteiger partial charge in [-0.25, -0.2) is 0 Å². The Morgan fingerprint density at radius 3 is 2.59 bits per heavy atom. The number of nitrogens with one attached hydrogen (secondary N) is 2. The van der Waals surface area contributed by atoms with Gasteiger partial charge in [-0.15, -0.1) is 0 Å². The number of aliphatic imine (C=N–C) groups is 1. The van der Waals surface area contributed by atoms with Crippen LogP contribution in [0.2, 0.25) is 0 Å². The Balaban J connectivity index is 1.86. The van der Waals surface area contributed by atoms with E-state index < -0.39 is 0 Å². The van der Waals surface area contributed by atoms with Gasteiger partial charge >= 0.3 is 0 Å². The molecule has 122 valence electrons. The van der Waals surface area contributed by atoms with Crippen LogP contribution >= 0.6 is 0 Å². The van der Waals surface area contributed by atoms with Crippen LogP contribution in [0.15, 0.2) is 35.3 Å². The Morgan fingerprint density at radius 1 is 1.27 bits per heavy atom. The summed E-state index contributed by atoms with van der Waals surface area (Å²) in [6.45, 7) is 9.13. The van der Waals surface area contributed by atoms with Gasteiger partial charge in [-0.3, -0.25) is 4.99 Å². The Morgan fingerprint density at radius 2 is 2.00 bits per heavy atom. The van der Waals surface area contributed by atoms with E-state index in [-0.39, 0.29) is 11.0 Å². The predicted octanol–water partition coefficient (Wildman–Crippen LogP) is 2.70. The summed E-state index contributed by atoms with van der Waals surface area (Å²) >= 11 is 0. The highest BCUT2D eigenvalue weighted by Crippen LogP contribution is 2.24. The van der Waals surface area contributed by atoms with E-state index in [4.69, 9.17) is 4.74 Å². The fourth-order valence-electron chi connectivity index (χ4n) is 2.76. The van der Waals surface area contributed by atoms with E-state index in [0.29, 0.717) is 0 Å². The smallest absolute Gasteiger partial charge is 0.191 e. The highest BCUT2D eigenvalue weighted by Gasteiger charge is 2.30. The van der Waals surface area contributed by atoms with Gasteiger partial charge in [-0.1, -0.05) is 44.2 Å². The van der Waals surface area contributed by atoms with Crippen molar-refractivity contribution in [3.05, 3.63) is 35.9 Å². The number of benzene rings is 1. The van der Waals surface area contributed by atoms with Crippen LogP contribution in [-0.2, 0) is 10.2 Å². The third-order valence-corrected chi connectivity index (χ3v) is 4.41. The zero-order valence-electron chi connectivity index (χ0n) is 14.3. The number of nitrogens with zero attached hydrogens (tertiary/aromatic N) is 1. The molecule has 2 N–H and O–H groups in total. The summed E-state index contributed by atoms with van der Waals surface area (Å²) in [5.74, 6) is 0.834. The van der Waals surface area contributed by atoms with Gasteiger partial charge in [0.2, 0.25) is 0 Å². The summed E-state index contributed by atoms with van der Waals surface area (Å²) in [6, 6.07) is 10.6. The van der Waals surface area contributed by atoms with Crippen LogP contribution in [0.3, 0.4) is 0 Å². The van der Waals surface area contributed by atoms with Gasteiger partial charge in [0.15, 0.2) is 5.96 Å². The van der Waals surface area contributed by atoms with E-state index in [1.807, 2.05) is 7.05 Å². The van der Waals surface area contributed by atoms with E-state index >= 15 is 0 Å². The summed E-state index contributed by atoms with van der Waals surface area (Å²) in [5, 5.41) is 6.82. The minimum atomic E-state index is -0.0629. The van der Waals surface area contributed by atoms with Gasteiger partial charge in [0, 0.05) is 32.2 Å². The summed E-state index contributed by atoms with van der Waals surface area (Å²) in [4.78, 5) is 4.32. The highest BCUT2D eigenvalue weighted by molar-refractivity contribution is 5.79. The van der Waals surface area contributed by atoms with E-state index in [1.165, 1.54) is 5.56 Å². The molecule has 0 saturated carbocycles. The Labute approximate surface area is 134 Å². The molecule has 2 rings (SSSR count). The number of hydrogen-bond donors (Lipinski definition) is 2. The lowest BCUT2D eigenvalue weighted by atomic mass is 9.85. The van der Waals surface area contributed by atoms with Crippen LogP contribution in [0.5, 0.6) is 0 Å². The summed E-state index contributed by atoms with van der Waals surface area (Å²) in [5.41, 5.74) is 1.31.